The highest BCUT2D eigenvalue weighted by Gasteiger charge is 2.08. The van der Waals surface area contributed by atoms with Gasteiger partial charge >= 0.3 is 0 Å². The van der Waals surface area contributed by atoms with Crippen LogP contribution in [0.25, 0.3) is 11.4 Å². The van der Waals surface area contributed by atoms with E-state index in [1.54, 1.807) is 0 Å². The van der Waals surface area contributed by atoms with Gasteiger partial charge in [0.05, 0.1) is 0 Å². The van der Waals surface area contributed by atoms with Crippen molar-refractivity contribution in [3.8, 4) is 11.4 Å². The average Bonchev–Trinajstić information content (AvgIpc) is 3.09. The zero-order valence-electron chi connectivity index (χ0n) is 14.2. The van der Waals surface area contributed by atoms with Crippen LogP contribution >= 0.6 is 0 Å². The highest BCUT2D eigenvalue weighted by Crippen LogP contribution is 2.13. The predicted octanol–water partition coefficient (Wildman–Crippen LogP) is 2.40. The lowest BCUT2D eigenvalue weighted by atomic mass is 10.1. The van der Waals surface area contributed by atoms with Crippen molar-refractivity contribution in [3.05, 3.63) is 65.7 Å². The lowest BCUT2D eigenvalue weighted by Gasteiger charge is -2.04. The first-order valence-electron chi connectivity index (χ1n) is 8.36. The van der Waals surface area contributed by atoms with E-state index in [1.165, 1.54) is 15.9 Å². The molecule has 0 aliphatic heterocycles. The largest absolute Gasteiger partial charge is 0.354 e. The number of carbonyl (C=O) groups is 1. The number of nitrogens with zero attached hydrogens (tertiary/aromatic N) is 4. The lowest BCUT2D eigenvalue weighted by Crippen LogP contribution is -2.29. The Morgan fingerprint density at radius 3 is 2.60 bits per heavy atom. The molecule has 0 unspecified atom stereocenters. The van der Waals surface area contributed by atoms with E-state index in [1.807, 2.05) is 49.4 Å². The first-order valence-corrected chi connectivity index (χ1v) is 8.36. The van der Waals surface area contributed by atoms with Crippen LogP contribution in [0.1, 0.15) is 17.5 Å². The predicted molar refractivity (Wildman–Crippen MR) is 95.8 cm³/mol. The number of carbonyl (C=O) groups excluding carboxylic acids is 1. The van der Waals surface area contributed by atoms with Crippen molar-refractivity contribution in [3.63, 3.8) is 0 Å². The molecule has 6 heteroatoms. The third kappa shape index (κ3) is 4.97. The lowest BCUT2D eigenvalue weighted by molar-refractivity contribution is -0.122. The number of aromatic nitrogens is 4. The van der Waals surface area contributed by atoms with Crippen molar-refractivity contribution in [2.24, 2.45) is 0 Å². The van der Waals surface area contributed by atoms with Crippen LogP contribution in [-0.2, 0) is 17.8 Å². The fourth-order valence-corrected chi connectivity index (χ4v) is 2.48. The molecule has 3 aromatic rings. The summed E-state index contributed by atoms with van der Waals surface area (Å²) in [6.07, 6.45) is 1.84. The van der Waals surface area contributed by atoms with Gasteiger partial charge in [0.2, 0.25) is 11.7 Å². The number of hydrogen-bond donors (Lipinski definition) is 1. The van der Waals surface area contributed by atoms with Crippen molar-refractivity contribution in [2.75, 3.05) is 6.54 Å². The Bertz CT molecular complexity index is 811. The number of aryl methyl sites for hydroxylation is 2. The molecule has 1 heterocycles. The molecule has 1 amide bonds. The highest BCUT2D eigenvalue weighted by molar-refractivity contribution is 5.75. The van der Waals surface area contributed by atoms with Crippen LogP contribution in [0.3, 0.4) is 0 Å². The second-order valence-corrected chi connectivity index (χ2v) is 5.95. The van der Waals surface area contributed by atoms with E-state index in [-0.39, 0.29) is 12.5 Å². The summed E-state index contributed by atoms with van der Waals surface area (Å²) in [7, 11) is 0. The maximum Gasteiger partial charge on any atom is 0.243 e. The smallest absolute Gasteiger partial charge is 0.243 e. The quantitative estimate of drug-likeness (QED) is 0.673. The first kappa shape index (κ1) is 16.8. The molecule has 2 aromatic carbocycles. The Balaban J connectivity index is 1.44. The minimum Gasteiger partial charge on any atom is -0.354 e. The summed E-state index contributed by atoms with van der Waals surface area (Å²) in [5.74, 6) is 0.415. The van der Waals surface area contributed by atoms with Crippen LogP contribution in [0.2, 0.25) is 0 Å². The fourth-order valence-electron chi connectivity index (χ4n) is 2.48. The van der Waals surface area contributed by atoms with Gasteiger partial charge in [0.25, 0.3) is 0 Å². The van der Waals surface area contributed by atoms with E-state index >= 15 is 0 Å². The van der Waals surface area contributed by atoms with Gasteiger partial charge in [-0.15, -0.1) is 10.2 Å². The molecule has 1 N–H and O–H groups in total. The summed E-state index contributed by atoms with van der Waals surface area (Å²) >= 11 is 0. The molecule has 0 aliphatic rings. The van der Waals surface area contributed by atoms with E-state index in [4.69, 9.17) is 0 Å². The SMILES string of the molecule is Cc1ccc(-c2nnn(CC(=O)NCCCc3ccccc3)n2)cc1. The summed E-state index contributed by atoms with van der Waals surface area (Å²) in [4.78, 5) is 13.3. The van der Waals surface area contributed by atoms with Crippen molar-refractivity contribution in [1.82, 2.24) is 25.5 Å². The maximum atomic E-state index is 12.0. The van der Waals surface area contributed by atoms with Crippen molar-refractivity contribution < 1.29 is 4.79 Å². The second-order valence-electron chi connectivity index (χ2n) is 5.95. The molecule has 0 fully saturated rings. The molecule has 0 atom stereocenters. The molecule has 25 heavy (non-hydrogen) atoms. The standard InChI is InChI=1S/C19H21N5O/c1-15-9-11-17(12-10-15)19-21-23-24(22-19)14-18(25)20-13-5-8-16-6-3-2-4-7-16/h2-4,6-7,9-12H,5,8,13-14H2,1H3,(H,20,25). The Labute approximate surface area is 146 Å². The Hall–Kier alpha value is -3.02. The summed E-state index contributed by atoms with van der Waals surface area (Å²) in [5.41, 5.74) is 3.34. The third-order valence-electron chi connectivity index (χ3n) is 3.85. The van der Waals surface area contributed by atoms with E-state index in [0.717, 1.165) is 18.4 Å². The van der Waals surface area contributed by atoms with Gasteiger partial charge in [-0.2, -0.15) is 4.80 Å². The number of amides is 1. The van der Waals surface area contributed by atoms with Crippen LogP contribution in [-0.4, -0.2) is 32.7 Å². The summed E-state index contributed by atoms with van der Waals surface area (Å²) in [5, 5.41) is 15.1. The molecule has 0 saturated carbocycles. The van der Waals surface area contributed by atoms with Crippen LogP contribution in [0.15, 0.2) is 54.6 Å². The minimum atomic E-state index is -0.110. The van der Waals surface area contributed by atoms with Gasteiger partial charge in [-0.05, 0) is 30.5 Å². The summed E-state index contributed by atoms with van der Waals surface area (Å²) < 4.78 is 0. The fraction of sp³-hybridized carbons (Fsp3) is 0.263. The van der Waals surface area contributed by atoms with Gasteiger partial charge in [-0.25, -0.2) is 0 Å². The first-order chi connectivity index (χ1) is 12.2. The molecule has 128 valence electrons. The Morgan fingerprint density at radius 2 is 1.84 bits per heavy atom. The van der Waals surface area contributed by atoms with Crippen molar-refractivity contribution in [1.29, 1.82) is 0 Å². The van der Waals surface area contributed by atoms with E-state index in [2.05, 4.69) is 32.9 Å². The number of benzene rings is 2. The molecule has 6 nitrogen and oxygen atoms in total. The van der Waals surface area contributed by atoms with E-state index in [0.29, 0.717) is 12.4 Å². The minimum absolute atomic E-state index is 0.0736. The maximum absolute atomic E-state index is 12.0. The zero-order chi connectivity index (χ0) is 17.5. The highest BCUT2D eigenvalue weighted by atomic mass is 16.2. The Kier molecular flexibility index (Phi) is 5.51. The normalized spacial score (nSPS) is 10.6. The van der Waals surface area contributed by atoms with Crippen molar-refractivity contribution in [2.45, 2.75) is 26.3 Å². The van der Waals surface area contributed by atoms with Gasteiger partial charge in [-0.1, -0.05) is 60.2 Å². The number of nitrogens with one attached hydrogen (secondary N) is 1. The second kappa shape index (κ2) is 8.19. The molecule has 0 aliphatic carbocycles. The van der Waals surface area contributed by atoms with Crippen LogP contribution in [0, 0.1) is 6.92 Å². The molecule has 3 rings (SSSR count). The van der Waals surface area contributed by atoms with Gasteiger partial charge in [-0.3, -0.25) is 4.79 Å². The molecule has 0 saturated heterocycles. The molecule has 0 radical (unpaired) electrons. The molecule has 0 bridgehead atoms. The van der Waals surface area contributed by atoms with Gasteiger partial charge in [0.15, 0.2) is 0 Å². The van der Waals surface area contributed by atoms with Gasteiger partial charge in [0, 0.05) is 12.1 Å². The topological polar surface area (TPSA) is 72.7 Å². The summed E-state index contributed by atoms with van der Waals surface area (Å²) in [6.45, 7) is 2.73. The Morgan fingerprint density at radius 1 is 1.08 bits per heavy atom. The number of tetrazole rings is 1. The molecule has 0 spiro atoms. The third-order valence-corrected chi connectivity index (χ3v) is 3.85. The molecular weight excluding hydrogens is 314 g/mol. The van der Waals surface area contributed by atoms with Crippen molar-refractivity contribution >= 4 is 5.91 Å². The number of rotatable bonds is 7. The molecule has 1 aromatic heterocycles. The molecular formula is C19H21N5O. The van der Waals surface area contributed by atoms with Gasteiger partial charge < -0.3 is 5.32 Å². The van der Waals surface area contributed by atoms with Crippen LogP contribution in [0.5, 0.6) is 0 Å². The zero-order valence-corrected chi connectivity index (χ0v) is 14.2. The van der Waals surface area contributed by atoms with E-state index < -0.39 is 0 Å². The summed E-state index contributed by atoms with van der Waals surface area (Å²) in [6, 6.07) is 18.1. The van der Waals surface area contributed by atoms with E-state index in [9.17, 15) is 4.79 Å². The number of hydrogen-bond acceptors (Lipinski definition) is 4. The average molecular weight is 335 g/mol. The van der Waals surface area contributed by atoms with Crippen LogP contribution < -0.4 is 5.32 Å². The monoisotopic (exact) mass is 335 g/mol. The van der Waals surface area contributed by atoms with Crippen LogP contribution in [0.4, 0.5) is 0 Å². The van der Waals surface area contributed by atoms with Gasteiger partial charge in [0.1, 0.15) is 6.54 Å².